The normalized spacial score (nSPS) is 11.6. The molecule has 0 atom stereocenters. The summed E-state index contributed by atoms with van der Waals surface area (Å²) in [5.41, 5.74) is 9.99. The van der Waals surface area contributed by atoms with Crippen molar-refractivity contribution in [2.75, 3.05) is 0 Å². The Morgan fingerprint density at radius 1 is 0.200 bits per heavy atom. The minimum atomic E-state index is 1.23. The van der Waals surface area contributed by atoms with Crippen LogP contribution >= 0.6 is 0 Å². The monoisotopic (exact) mass is 632 g/mol. The Bertz CT molecular complexity index is 2860. The molecule has 0 fully saturated rings. The van der Waals surface area contributed by atoms with Crippen LogP contribution in [0, 0.1) is 0 Å². The molecule has 10 rings (SSSR count). The van der Waals surface area contributed by atoms with Crippen LogP contribution in [0.3, 0.4) is 0 Å². The van der Waals surface area contributed by atoms with Crippen molar-refractivity contribution < 1.29 is 0 Å². The standard InChI is InChI=1S/C50H32/c1-2-13-33(14-3-1)35-16-12-17-38(29-35)49-44-21-8-10-23-46(44)50(47-24-11-9-22-45(47)49)39-28-26-34-25-27-37(30-40(34)31-39)48-32-36-15-4-5-18-41(36)42-19-6-7-20-43(42)48/h1-32H. The second-order valence-corrected chi connectivity index (χ2v) is 13.3. The molecule has 0 aromatic heterocycles. The van der Waals surface area contributed by atoms with Crippen LogP contribution in [-0.4, -0.2) is 0 Å². The Hall–Kier alpha value is -6.50. The van der Waals surface area contributed by atoms with E-state index in [0.717, 1.165) is 0 Å². The zero-order valence-electron chi connectivity index (χ0n) is 27.5. The van der Waals surface area contributed by atoms with Gasteiger partial charge >= 0.3 is 0 Å². The fourth-order valence-electron chi connectivity index (χ4n) is 8.10. The van der Waals surface area contributed by atoms with Crippen molar-refractivity contribution in [2.24, 2.45) is 0 Å². The fraction of sp³-hybridized carbons (Fsp3) is 0. The first kappa shape index (κ1) is 28.5. The highest BCUT2D eigenvalue weighted by Gasteiger charge is 2.17. The highest BCUT2D eigenvalue weighted by Crippen LogP contribution is 2.45. The van der Waals surface area contributed by atoms with Gasteiger partial charge < -0.3 is 0 Å². The van der Waals surface area contributed by atoms with E-state index in [0.29, 0.717) is 0 Å². The van der Waals surface area contributed by atoms with Crippen molar-refractivity contribution >= 4 is 53.9 Å². The van der Waals surface area contributed by atoms with E-state index in [2.05, 4.69) is 194 Å². The van der Waals surface area contributed by atoms with Gasteiger partial charge in [-0.15, -0.1) is 0 Å². The number of benzene rings is 10. The predicted molar refractivity (Wildman–Crippen MR) is 216 cm³/mol. The van der Waals surface area contributed by atoms with Gasteiger partial charge in [-0.05, 0) is 123 Å². The van der Waals surface area contributed by atoms with Gasteiger partial charge in [0.15, 0.2) is 0 Å². The van der Waals surface area contributed by atoms with Crippen molar-refractivity contribution in [3.63, 3.8) is 0 Å². The molecule has 0 heteroatoms. The average Bonchev–Trinajstić information content (AvgIpc) is 3.19. The van der Waals surface area contributed by atoms with Gasteiger partial charge in [0.1, 0.15) is 0 Å². The van der Waals surface area contributed by atoms with E-state index in [-0.39, 0.29) is 0 Å². The number of fused-ring (bicyclic) bond motifs is 6. The summed E-state index contributed by atoms with van der Waals surface area (Å²) in [7, 11) is 0. The minimum absolute atomic E-state index is 1.23. The maximum atomic E-state index is 2.39. The van der Waals surface area contributed by atoms with Gasteiger partial charge in [0.05, 0.1) is 0 Å². The summed E-state index contributed by atoms with van der Waals surface area (Å²) in [6, 6.07) is 71.3. The molecule has 0 bridgehead atoms. The SMILES string of the molecule is c1ccc(-c2cccc(-c3c4ccccc4c(-c4ccc5ccc(-c6cc7ccccc7c7ccccc67)cc5c4)c4ccccc34)c2)cc1. The first-order valence-corrected chi connectivity index (χ1v) is 17.3. The lowest BCUT2D eigenvalue weighted by Crippen LogP contribution is -1.91. The first-order chi connectivity index (χ1) is 24.8. The molecule has 0 amide bonds. The van der Waals surface area contributed by atoms with Gasteiger partial charge in [-0.1, -0.05) is 170 Å². The third kappa shape index (κ3) is 4.61. The van der Waals surface area contributed by atoms with Crippen LogP contribution < -0.4 is 0 Å². The molecule has 0 nitrogen and oxygen atoms in total. The van der Waals surface area contributed by atoms with E-state index in [1.807, 2.05) is 0 Å². The van der Waals surface area contributed by atoms with E-state index in [1.165, 1.54) is 98.4 Å². The maximum absolute atomic E-state index is 2.39. The quantitative estimate of drug-likeness (QED) is 0.134. The van der Waals surface area contributed by atoms with Crippen molar-refractivity contribution in [3.8, 4) is 44.5 Å². The van der Waals surface area contributed by atoms with Crippen LogP contribution in [0.1, 0.15) is 0 Å². The minimum Gasteiger partial charge on any atom is -0.0622 e. The summed E-state index contributed by atoms with van der Waals surface area (Å²) < 4.78 is 0. The van der Waals surface area contributed by atoms with Crippen LogP contribution in [0.25, 0.3) is 98.4 Å². The lowest BCUT2D eigenvalue weighted by Gasteiger charge is -2.18. The highest BCUT2D eigenvalue weighted by atomic mass is 14.2. The molecule has 0 saturated heterocycles. The summed E-state index contributed by atoms with van der Waals surface area (Å²) in [6.07, 6.45) is 0. The second kappa shape index (κ2) is 11.6. The largest absolute Gasteiger partial charge is 0.0622 e. The van der Waals surface area contributed by atoms with Crippen molar-refractivity contribution in [3.05, 3.63) is 194 Å². The molecule has 0 spiro atoms. The molecule has 0 aliphatic rings. The van der Waals surface area contributed by atoms with Crippen LogP contribution in [0.2, 0.25) is 0 Å². The predicted octanol–water partition coefficient (Wildman–Crippen LogP) is 14.1. The van der Waals surface area contributed by atoms with Gasteiger partial charge in [-0.3, -0.25) is 0 Å². The molecular formula is C50H32. The van der Waals surface area contributed by atoms with Gasteiger partial charge in [-0.25, -0.2) is 0 Å². The molecule has 0 aliphatic carbocycles. The zero-order chi connectivity index (χ0) is 33.0. The summed E-state index contributed by atoms with van der Waals surface area (Å²) in [5.74, 6) is 0. The van der Waals surface area contributed by atoms with E-state index >= 15 is 0 Å². The topological polar surface area (TPSA) is 0 Å². The molecule has 0 unspecified atom stereocenters. The Morgan fingerprint density at radius 3 is 1.36 bits per heavy atom. The first-order valence-electron chi connectivity index (χ1n) is 17.3. The van der Waals surface area contributed by atoms with Gasteiger partial charge in [0, 0.05) is 0 Å². The summed E-state index contributed by atoms with van der Waals surface area (Å²) in [5, 5.41) is 12.7. The number of rotatable bonds is 4. The summed E-state index contributed by atoms with van der Waals surface area (Å²) >= 11 is 0. The molecular weight excluding hydrogens is 601 g/mol. The van der Waals surface area contributed by atoms with E-state index < -0.39 is 0 Å². The Labute approximate surface area is 291 Å². The molecule has 10 aromatic rings. The van der Waals surface area contributed by atoms with E-state index in [4.69, 9.17) is 0 Å². The molecule has 0 aliphatic heterocycles. The maximum Gasteiger partial charge on any atom is -0.00262 e. The average molecular weight is 633 g/mol. The van der Waals surface area contributed by atoms with Crippen LogP contribution in [-0.2, 0) is 0 Å². The lowest BCUT2D eigenvalue weighted by atomic mass is 9.85. The molecule has 0 N–H and O–H groups in total. The van der Waals surface area contributed by atoms with E-state index in [9.17, 15) is 0 Å². The number of hydrogen-bond donors (Lipinski definition) is 0. The van der Waals surface area contributed by atoms with Crippen LogP contribution in [0.5, 0.6) is 0 Å². The van der Waals surface area contributed by atoms with Gasteiger partial charge in [0.2, 0.25) is 0 Å². The molecule has 232 valence electrons. The van der Waals surface area contributed by atoms with Crippen molar-refractivity contribution in [1.82, 2.24) is 0 Å². The van der Waals surface area contributed by atoms with Crippen LogP contribution in [0.15, 0.2) is 194 Å². The third-order valence-corrected chi connectivity index (χ3v) is 10.4. The molecule has 0 radical (unpaired) electrons. The fourth-order valence-corrected chi connectivity index (χ4v) is 8.10. The smallest absolute Gasteiger partial charge is 0.00262 e. The Morgan fingerprint density at radius 2 is 0.680 bits per heavy atom. The lowest BCUT2D eigenvalue weighted by molar-refractivity contribution is 1.61. The molecule has 0 heterocycles. The molecule has 0 saturated carbocycles. The molecule has 50 heavy (non-hydrogen) atoms. The number of hydrogen-bond acceptors (Lipinski definition) is 0. The second-order valence-electron chi connectivity index (χ2n) is 13.3. The Balaban J connectivity index is 1.19. The Kier molecular flexibility index (Phi) is 6.60. The van der Waals surface area contributed by atoms with Gasteiger partial charge in [-0.2, -0.15) is 0 Å². The molecule has 10 aromatic carbocycles. The van der Waals surface area contributed by atoms with Gasteiger partial charge in [0.25, 0.3) is 0 Å². The van der Waals surface area contributed by atoms with Crippen LogP contribution in [0.4, 0.5) is 0 Å². The van der Waals surface area contributed by atoms with Crippen molar-refractivity contribution in [2.45, 2.75) is 0 Å². The third-order valence-electron chi connectivity index (χ3n) is 10.4. The summed E-state index contributed by atoms with van der Waals surface area (Å²) in [6.45, 7) is 0. The summed E-state index contributed by atoms with van der Waals surface area (Å²) in [4.78, 5) is 0. The van der Waals surface area contributed by atoms with Crippen molar-refractivity contribution in [1.29, 1.82) is 0 Å². The van der Waals surface area contributed by atoms with E-state index in [1.54, 1.807) is 0 Å². The zero-order valence-corrected chi connectivity index (χ0v) is 27.5. The highest BCUT2D eigenvalue weighted by molar-refractivity contribution is 6.22.